The van der Waals surface area contributed by atoms with Crippen LogP contribution in [-0.2, 0) is 4.79 Å². The number of carboxylic acid groups (broad SMARTS) is 1. The molecule has 1 aromatic heterocycles. The van der Waals surface area contributed by atoms with Crippen molar-refractivity contribution in [1.29, 1.82) is 0 Å². The molecular formula is C16H18N2O3. The third-order valence-electron chi connectivity index (χ3n) is 3.59. The number of hydrogen-bond acceptors (Lipinski definition) is 3. The topological polar surface area (TPSA) is 79.3 Å². The number of carbonyl (C=O) groups excluding carboxylic acids is 1. The number of nitrogens with one attached hydrogen (secondary N) is 1. The number of pyridine rings is 1. The minimum Gasteiger partial charge on any atom is -0.481 e. The molecule has 21 heavy (non-hydrogen) atoms. The van der Waals surface area contributed by atoms with Crippen LogP contribution in [0.5, 0.6) is 0 Å². The Bertz CT molecular complexity index is 697. The highest BCUT2D eigenvalue weighted by Crippen LogP contribution is 2.18. The molecule has 0 saturated heterocycles. The highest BCUT2D eigenvalue weighted by molar-refractivity contribution is 6.06. The number of hydrogen-bond donors (Lipinski definition) is 2. The van der Waals surface area contributed by atoms with Gasteiger partial charge in [0.25, 0.3) is 5.91 Å². The number of benzene rings is 1. The first-order valence-corrected chi connectivity index (χ1v) is 6.80. The van der Waals surface area contributed by atoms with Crippen molar-refractivity contribution in [3.8, 4) is 0 Å². The fourth-order valence-electron chi connectivity index (χ4n) is 2.12. The second-order valence-corrected chi connectivity index (χ2v) is 5.22. The summed E-state index contributed by atoms with van der Waals surface area (Å²) in [5.74, 6) is -1.86. The predicted octanol–water partition coefficient (Wildman–Crippen LogP) is 2.38. The van der Waals surface area contributed by atoms with Gasteiger partial charge in [-0.05, 0) is 32.9 Å². The zero-order valence-corrected chi connectivity index (χ0v) is 12.3. The number of aliphatic carboxylic acids is 1. The Labute approximate surface area is 123 Å². The van der Waals surface area contributed by atoms with Crippen LogP contribution in [0.15, 0.2) is 30.3 Å². The largest absolute Gasteiger partial charge is 0.481 e. The number of rotatable bonds is 4. The normalized spacial score (nSPS) is 13.7. The van der Waals surface area contributed by atoms with Gasteiger partial charge >= 0.3 is 5.97 Å². The smallest absolute Gasteiger partial charge is 0.308 e. The lowest BCUT2D eigenvalue weighted by atomic mass is 10.0. The Morgan fingerprint density at radius 1 is 1.24 bits per heavy atom. The summed E-state index contributed by atoms with van der Waals surface area (Å²) < 4.78 is 0. The van der Waals surface area contributed by atoms with E-state index in [1.54, 1.807) is 19.9 Å². The first-order valence-electron chi connectivity index (χ1n) is 6.80. The molecule has 2 N–H and O–H groups in total. The van der Waals surface area contributed by atoms with Gasteiger partial charge in [-0.2, -0.15) is 0 Å². The van der Waals surface area contributed by atoms with Gasteiger partial charge in [-0.25, -0.2) is 0 Å². The number of para-hydroxylation sites is 1. The van der Waals surface area contributed by atoms with Crippen LogP contribution in [0.25, 0.3) is 10.9 Å². The summed E-state index contributed by atoms with van der Waals surface area (Å²) in [6.07, 6.45) is 0. The summed E-state index contributed by atoms with van der Waals surface area (Å²) in [7, 11) is 0. The van der Waals surface area contributed by atoms with E-state index in [4.69, 9.17) is 5.11 Å². The molecule has 2 unspecified atom stereocenters. The summed E-state index contributed by atoms with van der Waals surface area (Å²) in [6.45, 7) is 5.09. The number of amides is 1. The fourth-order valence-corrected chi connectivity index (χ4v) is 2.12. The highest BCUT2D eigenvalue weighted by atomic mass is 16.4. The quantitative estimate of drug-likeness (QED) is 0.904. The number of aryl methyl sites for hydroxylation is 1. The average molecular weight is 286 g/mol. The first kappa shape index (κ1) is 15.0. The van der Waals surface area contributed by atoms with Crippen molar-refractivity contribution in [2.24, 2.45) is 5.92 Å². The van der Waals surface area contributed by atoms with E-state index >= 15 is 0 Å². The zero-order valence-electron chi connectivity index (χ0n) is 12.3. The minimum absolute atomic E-state index is 0.280. The van der Waals surface area contributed by atoms with Crippen molar-refractivity contribution in [3.63, 3.8) is 0 Å². The molecule has 2 aromatic rings. The van der Waals surface area contributed by atoms with Crippen molar-refractivity contribution in [2.75, 3.05) is 0 Å². The van der Waals surface area contributed by atoms with E-state index in [9.17, 15) is 9.59 Å². The van der Waals surface area contributed by atoms with E-state index in [0.29, 0.717) is 5.56 Å². The molecule has 1 heterocycles. The van der Waals surface area contributed by atoms with Crippen LogP contribution in [0, 0.1) is 12.8 Å². The Kier molecular flexibility index (Phi) is 4.21. The summed E-state index contributed by atoms with van der Waals surface area (Å²) in [5, 5.41) is 12.5. The summed E-state index contributed by atoms with van der Waals surface area (Å²) in [5.41, 5.74) is 2.02. The first-order chi connectivity index (χ1) is 9.90. The third-order valence-corrected chi connectivity index (χ3v) is 3.59. The van der Waals surface area contributed by atoms with Crippen molar-refractivity contribution in [1.82, 2.24) is 10.3 Å². The van der Waals surface area contributed by atoms with E-state index in [0.717, 1.165) is 16.6 Å². The summed E-state index contributed by atoms with van der Waals surface area (Å²) in [4.78, 5) is 27.8. The maximum absolute atomic E-state index is 12.4. The molecule has 0 spiro atoms. The van der Waals surface area contributed by atoms with E-state index in [1.165, 1.54) is 0 Å². The third kappa shape index (κ3) is 3.18. The monoisotopic (exact) mass is 286 g/mol. The van der Waals surface area contributed by atoms with Crippen molar-refractivity contribution in [2.45, 2.75) is 26.8 Å². The van der Waals surface area contributed by atoms with Gasteiger partial charge in [0.05, 0.1) is 17.0 Å². The molecule has 0 saturated carbocycles. The SMILES string of the molecule is Cc1cc(C(=O)NC(C)C(C)C(=O)O)c2ccccc2n1. The average Bonchev–Trinajstić information content (AvgIpc) is 2.45. The van der Waals surface area contributed by atoms with E-state index in [2.05, 4.69) is 10.3 Å². The van der Waals surface area contributed by atoms with E-state index in [-0.39, 0.29) is 5.91 Å². The number of aromatic nitrogens is 1. The molecule has 1 amide bonds. The molecule has 110 valence electrons. The molecule has 2 rings (SSSR count). The maximum Gasteiger partial charge on any atom is 0.308 e. The van der Waals surface area contributed by atoms with Gasteiger partial charge in [0, 0.05) is 17.1 Å². The lowest BCUT2D eigenvalue weighted by molar-refractivity contribution is -0.141. The molecule has 0 aliphatic carbocycles. The van der Waals surface area contributed by atoms with E-state index < -0.39 is 17.9 Å². The molecule has 0 aliphatic heterocycles. The highest BCUT2D eigenvalue weighted by Gasteiger charge is 2.22. The lowest BCUT2D eigenvalue weighted by Crippen LogP contribution is -2.40. The molecule has 1 aromatic carbocycles. The van der Waals surface area contributed by atoms with Gasteiger partial charge < -0.3 is 10.4 Å². The van der Waals surface area contributed by atoms with Crippen LogP contribution in [0.1, 0.15) is 29.9 Å². The molecule has 0 aliphatic rings. The van der Waals surface area contributed by atoms with Crippen molar-refractivity contribution in [3.05, 3.63) is 41.6 Å². The summed E-state index contributed by atoms with van der Waals surface area (Å²) in [6, 6.07) is 8.66. The van der Waals surface area contributed by atoms with Crippen LogP contribution in [0.4, 0.5) is 0 Å². The van der Waals surface area contributed by atoms with Gasteiger partial charge in [-0.3, -0.25) is 14.6 Å². The van der Waals surface area contributed by atoms with Gasteiger partial charge in [0.15, 0.2) is 0 Å². The Hall–Kier alpha value is -2.43. The van der Waals surface area contributed by atoms with Gasteiger partial charge in [0.1, 0.15) is 0 Å². The number of nitrogens with zero attached hydrogens (tertiary/aromatic N) is 1. The molecule has 5 heteroatoms. The number of carbonyl (C=O) groups is 2. The number of fused-ring (bicyclic) bond motifs is 1. The molecule has 0 fully saturated rings. The molecular weight excluding hydrogens is 268 g/mol. The molecule has 0 bridgehead atoms. The standard InChI is InChI=1S/C16H18N2O3/c1-9-8-13(12-6-4-5-7-14(12)17-9)15(19)18-11(3)10(2)16(20)21/h4-8,10-11H,1-3H3,(H,18,19)(H,20,21). The van der Waals surface area contributed by atoms with Crippen LogP contribution in [0.2, 0.25) is 0 Å². The fraction of sp³-hybridized carbons (Fsp3) is 0.312. The van der Waals surface area contributed by atoms with Crippen LogP contribution >= 0.6 is 0 Å². The van der Waals surface area contributed by atoms with Gasteiger partial charge in [0.2, 0.25) is 0 Å². The second kappa shape index (κ2) is 5.91. The minimum atomic E-state index is -0.932. The second-order valence-electron chi connectivity index (χ2n) is 5.22. The Morgan fingerprint density at radius 3 is 2.57 bits per heavy atom. The van der Waals surface area contributed by atoms with Crippen LogP contribution in [-0.4, -0.2) is 28.0 Å². The number of carboxylic acids is 1. The lowest BCUT2D eigenvalue weighted by Gasteiger charge is -2.18. The van der Waals surface area contributed by atoms with Gasteiger partial charge in [-0.15, -0.1) is 0 Å². The Balaban J connectivity index is 2.33. The molecule has 5 nitrogen and oxygen atoms in total. The Morgan fingerprint density at radius 2 is 1.90 bits per heavy atom. The van der Waals surface area contributed by atoms with Crippen molar-refractivity contribution < 1.29 is 14.7 Å². The maximum atomic E-state index is 12.4. The van der Waals surface area contributed by atoms with Crippen molar-refractivity contribution >= 4 is 22.8 Å². The molecule has 0 radical (unpaired) electrons. The van der Waals surface area contributed by atoms with Crippen LogP contribution < -0.4 is 5.32 Å². The summed E-state index contributed by atoms with van der Waals surface area (Å²) >= 11 is 0. The predicted molar refractivity (Wildman–Crippen MR) is 80.2 cm³/mol. The van der Waals surface area contributed by atoms with Crippen LogP contribution in [0.3, 0.4) is 0 Å². The zero-order chi connectivity index (χ0) is 15.6. The van der Waals surface area contributed by atoms with Gasteiger partial charge in [-0.1, -0.05) is 18.2 Å². The molecule has 2 atom stereocenters. The van der Waals surface area contributed by atoms with E-state index in [1.807, 2.05) is 31.2 Å².